The number of carbonyl (C=O) groups excluding carboxylic acids is 1. The Morgan fingerprint density at radius 2 is 2.14 bits per heavy atom. The topological polar surface area (TPSA) is 55.1 Å². The van der Waals surface area contributed by atoms with Gasteiger partial charge in [0.1, 0.15) is 0 Å². The van der Waals surface area contributed by atoms with Crippen molar-refractivity contribution in [3.05, 3.63) is 50.7 Å². The number of rotatable bonds is 2. The number of thiophene rings is 2. The average molecular weight is 335 g/mol. The Kier molecular flexibility index (Phi) is 3.04. The van der Waals surface area contributed by atoms with E-state index in [1.54, 1.807) is 28.7 Å². The van der Waals surface area contributed by atoms with Gasteiger partial charge in [-0.25, -0.2) is 0 Å². The van der Waals surface area contributed by atoms with E-state index in [1.807, 2.05) is 6.07 Å². The molecule has 1 aliphatic heterocycles. The predicted molar refractivity (Wildman–Crippen MR) is 89.5 cm³/mol. The van der Waals surface area contributed by atoms with Crippen molar-refractivity contribution >= 4 is 55.3 Å². The average Bonchev–Trinajstić information content (AvgIpc) is 3.09. The molecule has 0 bridgehead atoms. The molecule has 106 valence electrons. The lowest BCUT2D eigenvalue weighted by atomic mass is 10.0. The number of halogens is 1. The van der Waals surface area contributed by atoms with E-state index in [1.165, 1.54) is 9.40 Å². The standard InChI is InChI=1S/C15H11ClN2OS2/c16-9-5-10-7(4-14(19)18-10)3-8(9)15(17)13-6-12-11(21-13)1-2-20-12/h1-3,5-6,15H,4,17H2,(H,18,19). The van der Waals surface area contributed by atoms with E-state index >= 15 is 0 Å². The van der Waals surface area contributed by atoms with Gasteiger partial charge in [0.05, 0.1) is 12.5 Å². The zero-order chi connectivity index (χ0) is 14.6. The fraction of sp³-hybridized carbons (Fsp3) is 0.133. The van der Waals surface area contributed by atoms with Crippen molar-refractivity contribution < 1.29 is 4.79 Å². The molecule has 3 heterocycles. The summed E-state index contributed by atoms with van der Waals surface area (Å²) in [7, 11) is 0. The van der Waals surface area contributed by atoms with Crippen LogP contribution in [0.25, 0.3) is 9.40 Å². The second kappa shape index (κ2) is 4.81. The Hall–Kier alpha value is -1.40. The Balaban J connectivity index is 1.77. The van der Waals surface area contributed by atoms with E-state index in [0.29, 0.717) is 11.4 Å². The maximum absolute atomic E-state index is 11.5. The largest absolute Gasteiger partial charge is 0.325 e. The van der Waals surface area contributed by atoms with Gasteiger partial charge in [0.2, 0.25) is 5.91 Å². The normalized spacial score (nSPS) is 15.2. The van der Waals surface area contributed by atoms with Gasteiger partial charge in [-0.15, -0.1) is 22.7 Å². The lowest BCUT2D eigenvalue weighted by molar-refractivity contribution is -0.115. The van der Waals surface area contributed by atoms with Gasteiger partial charge in [-0.2, -0.15) is 0 Å². The lowest BCUT2D eigenvalue weighted by Gasteiger charge is -2.13. The minimum Gasteiger partial charge on any atom is -0.325 e. The van der Waals surface area contributed by atoms with Crippen LogP contribution in [-0.2, 0) is 11.2 Å². The van der Waals surface area contributed by atoms with Crippen molar-refractivity contribution in [1.82, 2.24) is 0 Å². The first kappa shape index (κ1) is 13.3. The first-order valence-corrected chi connectivity index (χ1v) is 8.54. The molecular formula is C15H11ClN2OS2. The lowest BCUT2D eigenvalue weighted by Crippen LogP contribution is -2.11. The van der Waals surface area contributed by atoms with Crippen LogP contribution < -0.4 is 11.1 Å². The number of fused-ring (bicyclic) bond motifs is 2. The molecule has 4 rings (SSSR count). The highest BCUT2D eigenvalue weighted by molar-refractivity contribution is 7.27. The Morgan fingerprint density at radius 3 is 2.95 bits per heavy atom. The second-order valence-electron chi connectivity index (χ2n) is 5.03. The molecule has 3 aromatic rings. The molecule has 0 spiro atoms. The second-order valence-corrected chi connectivity index (χ2v) is 7.50. The molecule has 1 aromatic carbocycles. The van der Waals surface area contributed by atoms with Gasteiger partial charge in [0, 0.05) is 25.0 Å². The first-order valence-electron chi connectivity index (χ1n) is 6.46. The summed E-state index contributed by atoms with van der Waals surface area (Å²) in [5, 5.41) is 5.48. The van der Waals surface area contributed by atoms with Gasteiger partial charge in [-0.05, 0) is 40.8 Å². The third-order valence-electron chi connectivity index (χ3n) is 3.65. The summed E-state index contributed by atoms with van der Waals surface area (Å²) in [4.78, 5) is 12.6. The molecule has 0 radical (unpaired) electrons. The number of anilines is 1. The number of amides is 1. The molecule has 1 amide bonds. The zero-order valence-electron chi connectivity index (χ0n) is 10.9. The monoisotopic (exact) mass is 334 g/mol. The summed E-state index contributed by atoms with van der Waals surface area (Å²) in [5.74, 6) is 0.00317. The summed E-state index contributed by atoms with van der Waals surface area (Å²) >= 11 is 9.76. The smallest absolute Gasteiger partial charge is 0.228 e. The van der Waals surface area contributed by atoms with Crippen LogP contribution in [0.3, 0.4) is 0 Å². The predicted octanol–water partition coefficient (Wildman–Crippen LogP) is 4.16. The Labute approximate surface area is 134 Å². The number of hydrogen-bond donors (Lipinski definition) is 2. The van der Waals surface area contributed by atoms with Gasteiger partial charge in [0.15, 0.2) is 0 Å². The molecule has 3 nitrogen and oxygen atoms in total. The molecule has 0 fully saturated rings. The molecular weight excluding hydrogens is 324 g/mol. The molecule has 1 unspecified atom stereocenters. The maximum Gasteiger partial charge on any atom is 0.228 e. The number of carbonyl (C=O) groups is 1. The molecule has 21 heavy (non-hydrogen) atoms. The minimum atomic E-state index is -0.261. The van der Waals surface area contributed by atoms with Crippen LogP contribution in [0.15, 0.2) is 29.6 Å². The van der Waals surface area contributed by atoms with Crippen LogP contribution in [0.2, 0.25) is 5.02 Å². The molecule has 0 saturated heterocycles. The molecule has 0 aliphatic carbocycles. The van der Waals surface area contributed by atoms with Crippen molar-refractivity contribution in [1.29, 1.82) is 0 Å². The van der Waals surface area contributed by atoms with Crippen LogP contribution in [0, 0.1) is 0 Å². The Bertz CT molecular complexity index is 839. The van der Waals surface area contributed by atoms with Crippen LogP contribution in [0.5, 0.6) is 0 Å². The molecule has 3 N–H and O–H groups in total. The van der Waals surface area contributed by atoms with E-state index in [-0.39, 0.29) is 11.9 Å². The third kappa shape index (κ3) is 2.17. The summed E-state index contributed by atoms with van der Waals surface area (Å²) in [6.07, 6.45) is 0.395. The van der Waals surface area contributed by atoms with Gasteiger partial charge in [-0.3, -0.25) is 4.79 Å². The summed E-state index contributed by atoms with van der Waals surface area (Å²) in [6, 6.07) is 7.72. The van der Waals surface area contributed by atoms with Crippen molar-refractivity contribution in [2.45, 2.75) is 12.5 Å². The number of nitrogens with two attached hydrogens (primary N) is 1. The highest BCUT2D eigenvalue weighted by atomic mass is 35.5. The van der Waals surface area contributed by atoms with Crippen molar-refractivity contribution in [3.8, 4) is 0 Å². The SMILES string of the molecule is NC(c1cc2sccc2s1)c1cc2c(cc1Cl)NC(=O)C2. The minimum absolute atomic E-state index is 0.00317. The van der Waals surface area contributed by atoms with Gasteiger partial charge in [-0.1, -0.05) is 11.6 Å². The van der Waals surface area contributed by atoms with Crippen LogP contribution >= 0.6 is 34.3 Å². The first-order chi connectivity index (χ1) is 10.1. The van der Waals surface area contributed by atoms with Crippen LogP contribution in [0.1, 0.15) is 22.0 Å². The van der Waals surface area contributed by atoms with Crippen molar-refractivity contribution in [2.75, 3.05) is 5.32 Å². The van der Waals surface area contributed by atoms with Gasteiger partial charge in [0.25, 0.3) is 0 Å². The molecule has 1 atom stereocenters. The zero-order valence-corrected chi connectivity index (χ0v) is 13.2. The van der Waals surface area contributed by atoms with Gasteiger partial charge >= 0.3 is 0 Å². The van der Waals surface area contributed by atoms with Crippen molar-refractivity contribution in [3.63, 3.8) is 0 Å². The third-order valence-corrected chi connectivity index (χ3v) is 6.15. The fourth-order valence-electron chi connectivity index (χ4n) is 2.60. The molecule has 0 saturated carbocycles. The fourth-order valence-corrected chi connectivity index (χ4v) is 5.02. The quantitative estimate of drug-likeness (QED) is 0.739. The molecule has 1 aliphatic rings. The maximum atomic E-state index is 11.5. The highest BCUT2D eigenvalue weighted by Crippen LogP contribution is 2.39. The van der Waals surface area contributed by atoms with Gasteiger partial charge < -0.3 is 11.1 Å². The van der Waals surface area contributed by atoms with E-state index in [0.717, 1.165) is 21.7 Å². The van der Waals surface area contributed by atoms with Crippen molar-refractivity contribution in [2.24, 2.45) is 5.73 Å². The molecule has 2 aromatic heterocycles. The van der Waals surface area contributed by atoms with E-state index in [9.17, 15) is 4.79 Å². The van der Waals surface area contributed by atoms with Crippen LogP contribution in [-0.4, -0.2) is 5.91 Å². The van der Waals surface area contributed by atoms with E-state index in [4.69, 9.17) is 17.3 Å². The van der Waals surface area contributed by atoms with Crippen LogP contribution in [0.4, 0.5) is 5.69 Å². The number of nitrogens with one attached hydrogen (secondary N) is 1. The summed E-state index contributed by atoms with van der Waals surface area (Å²) in [5.41, 5.74) is 9.04. The summed E-state index contributed by atoms with van der Waals surface area (Å²) in [6.45, 7) is 0. The van der Waals surface area contributed by atoms with E-state index < -0.39 is 0 Å². The Morgan fingerprint density at radius 1 is 1.29 bits per heavy atom. The van der Waals surface area contributed by atoms with E-state index in [2.05, 4.69) is 22.8 Å². The highest BCUT2D eigenvalue weighted by Gasteiger charge is 2.23. The molecule has 6 heteroatoms. The summed E-state index contributed by atoms with van der Waals surface area (Å²) < 4.78 is 2.50. The number of benzene rings is 1. The number of hydrogen-bond acceptors (Lipinski definition) is 4.